The lowest BCUT2D eigenvalue weighted by molar-refractivity contribution is -0.134. The monoisotopic (exact) mass is 691 g/mol. The average Bonchev–Trinajstić information content (AvgIpc) is 3.82. The van der Waals surface area contributed by atoms with Crippen LogP contribution in [0.3, 0.4) is 0 Å². The van der Waals surface area contributed by atoms with Crippen molar-refractivity contribution in [3.8, 4) is 0 Å². The number of imidazole rings is 1. The summed E-state index contributed by atoms with van der Waals surface area (Å²) in [6.45, 7) is 3.93. The van der Waals surface area contributed by atoms with Gasteiger partial charge in [-0.1, -0.05) is 56.1 Å². The van der Waals surface area contributed by atoms with Gasteiger partial charge >= 0.3 is 0 Å². The minimum atomic E-state index is -1.03. The van der Waals surface area contributed by atoms with E-state index in [0.29, 0.717) is 40.6 Å². The summed E-state index contributed by atoms with van der Waals surface area (Å²) >= 11 is 6.74. The molecule has 1 saturated heterocycles. The van der Waals surface area contributed by atoms with Crippen LogP contribution in [0.5, 0.6) is 0 Å². The summed E-state index contributed by atoms with van der Waals surface area (Å²) in [7, 11) is 1.71. The third kappa shape index (κ3) is 6.94. The maximum atomic E-state index is 14.1. The Morgan fingerprint density at radius 2 is 1.94 bits per heavy atom. The number of rotatable bonds is 13. The molecule has 1 aliphatic heterocycles. The third-order valence-electron chi connectivity index (χ3n) is 10.1. The predicted molar refractivity (Wildman–Crippen MR) is 184 cm³/mol. The fourth-order valence-electron chi connectivity index (χ4n) is 7.12. The van der Waals surface area contributed by atoms with Crippen LogP contribution in [0.25, 0.3) is 11.0 Å². The number of amides is 3. The van der Waals surface area contributed by atoms with Crippen LogP contribution in [-0.4, -0.2) is 69.9 Å². The van der Waals surface area contributed by atoms with E-state index in [0.717, 1.165) is 30.4 Å². The minimum absolute atomic E-state index is 0.00564. The summed E-state index contributed by atoms with van der Waals surface area (Å²) in [5.74, 6) is -0.624. The number of benzene rings is 2. The van der Waals surface area contributed by atoms with E-state index in [1.807, 2.05) is 42.5 Å². The number of H-pyrrole nitrogens is 1. The molecule has 1 saturated carbocycles. The molecule has 2 aliphatic rings. The molecular weight excluding hydrogens is 649 g/mol. The van der Waals surface area contributed by atoms with Crippen LogP contribution < -0.4 is 16.0 Å². The molecule has 260 valence electrons. The average molecular weight is 692 g/mol. The van der Waals surface area contributed by atoms with E-state index in [-0.39, 0.29) is 48.6 Å². The summed E-state index contributed by atoms with van der Waals surface area (Å²) in [6, 6.07) is 13.6. The Morgan fingerprint density at radius 3 is 2.57 bits per heavy atom. The standard InChI is InChI=1S/C36H43ClFN7O4/c1-21(2)29(24-9-4-5-10-25(24)37)31(43-33(46)28-13-16-40-45(28)3)32-41-26-12-11-23(19-27(26)42-32)36(14-18-49-20-36)35(48)44-30(22-7-6-8-22)34(47)39-17-15-38/h4-5,9-13,16,19,21-22,29-31H,6-8,14-15,17-18,20H2,1-3H3,(H,39,47)(H,41,42)(H,43,46)(H,44,48)/t29-,30+,31-,36?/m0/s1. The number of aromatic nitrogens is 4. The van der Waals surface area contributed by atoms with Gasteiger partial charge in [-0.15, -0.1) is 0 Å². The first kappa shape index (κ1) is 34.6. The third-order valence-corrected chi connectivity index (χ3v) is 10.4. The number of aromatic amines is 1. The van der Waals surface area contributed by atoms with Gasteiger partial charge in [-0.2, -0.15) is 5.10 Å². The molecule has 1 aliphatic carbocycles. The maximum absolute atomic E-state index is 14.1. The highest BCUT2D eigenvalue weighted by Crippen LogP contribution is 2.41. The molecule has 49 heavy (non-hydrogen) atoms. The number of fused-ring (bicyclic) bond motifs is 1. The number of alkyl halides is 1. The molecular formula is C36H43ClFN7O4. The molecule has 6 rings (SSSR count). The largest absolute Gasteiger partial charge is 0.380 e. The van der Waals surface area contributed by atoms with Gasteiger partial charge in [0.05, 0.1) is 29.1 Å². The quantitative estimate of drug-likeness (QED) is 0.157. The summed E-state index contributed by atoms with van der Waals surface area (Å²) in [5, 5.41) is 13.6. The predicted octanol–water partition coefficient (Wildman–Crippen LogP) is 4.89. The zero-order valence-corrected chi connectivity index (χ0v) is 28.7. The highest BCUT2D eigenvalue weighted by Gasteiger charge is 2.47. The zero-order valence-electron chi connectivity index (χ0n) is 28.0. The smallest absolute Gasteiger partial charge is 0.270 e. The number of carbonyl (C=O) groups is 3. The minimum Gasteiger partial charge on any atom is -0.380 e. The molecule has 0 radical (unpaired) electrons. The van der Waals surface area contributed by atoms with E-state index in [1.54, 1.807) is 19.3 Å². The van der Waals surface area contributed by atoms with Gasteiger partial charge < -0.3 is 25.7 Å². The van der Waals surface area contributed by atoms with Gasteiger partial charge in [0.2, 0.25) is 11.8 Å². The molecule has 4 aromatic rings. The first-order valence-corrected chi connectivity index (χ1v) is 17.3. The summed E-state index contributed by atoms with van der Waals surface area (Å²) in [6.07, 6.45) is 4.64. The van der Waals surface area contributed by atoms with Crippen molar-refractivity contribution in [2.45, 2.75) is 62.9 Å². The first-order valence-electron chi connectivity index (χ1n) is 16.9. The molecule has 4 N–H and O–H groups in total. The van der Waals surface area contributed by atoms with E-state index in [4.69, 9.17) is 21.3 Å². The van der Waals surface area contributed by atoms with E-state index >= 15 is 0 Å². The number of nitrogens with one attached hydrogen (secondary N) is 4. The Labute approximate surface area is 289 Å². The van der Waals surface area contributed by atoms with Crippen molar-refractivity contribution in [3.05, 3.63) is 82.4 Å². The highest BCUT2D eigenvalue weighted by atomic mass is 35.5. The fraction of sp³-hybridized carbons (Fsp3) is 0.472. The van der Waals surface area contributed by atoms with Gasteiger partial charge in [0.1, 0.15) is 24.2 Å². The van der Waals surface area contributed by atoms with Gasteiger partial charge in [0, 0.05) is 37.3 Å². The molecule has 4 atom stereocenters. The van der Waals surface area contributed by atoms with Gasteiger partial charge in [-0.25, -0.2) is 9.37 Å². The molecule has 11 nitrogen and oxygen atoms in total. The molecule has 3 amide bonds. The topological polar surface area (TPSA) is 143 Å². The van der Waals surface area contributed by atoms with Crippen LogP contribution in [0.15, 0.2) is 54.7 Å². The molecule has 2 fully saturated rings. The van der Waals surface area contributed by atoms with Crippen molar-refractivity contribution in [2.24, 2.45) is 18.9 Å². The lowest BCUT2D eigenvalue weighted by Crippen LogP contribution is -2.57. The van der Waals surface area contributed by atoms with Crippen LogP contribution in [0.1, 0.15) is 78.9 Å². The molecule has 2 aromatic heterocycles. The Bertz CT molecular complexity index is 1810. The van der Waals surface area contributed by atoms with E-state index in [9.17, 15) is 18.8 Å². The molecule has 13 heteroatoms. The molecule has 0 spiro atoms. The second kappa shape index (κ2) is 14.7. The van der Waals surface area contributed by atoms with Crippen molar-refractivity contribution in [3.63, 3.8) is 0 Å². The van der Waals surface area contributed by atoms with Crippen molar-refractivity contribution in [1.29, 1.82) is 0 Å². The fourth-order valence-corrected chi connectivity index (χ4v) is 7.38. The number of hydrogen-bond donors (Lipinski definition) is 4. The van der Waals surface area contributed by atoms with Crippen molar-refractivity contribution >= 4 is 40.4 Å². The normalized spacial score (nSPS) is 19.7. The second-order valence-electron chi connectivity index (χ2n) is 13.4. The van der Waals surface area contributed by atoms with Crippen LogP contribution >= 0.6 is 11.6 Å². The Morgan fingerprint density at radius 1 is 1.14 bits per heavy atom. The lowest BCUT2D eigenvalue weighted by atomic mass is 9.76. The number of halogens is 2. The number of aryl methyl sites for hydroxylation is 1. The van der Waals surface area contributed by atoms with E-state index in [2.05, 4.69) is 39.9 Å². The van der Waals surface area contributed by atoms with E-state index < -0.39 is 24.2 Å². The van der Waals surface area contributed by atoms with Crippen molar-refractivity contribution < 1.29 is 23.5 Å². The SMILES string of the molecule is CC(C)[C@@H](c1ccccc1Cl)[C@H](NC(=O)c1ccnn1C)c1nc2ccc(C3(C(=O)N[C@@H](C(=O)NCCF)C4CCC4)CCOC3)cc2[nH]1. The summed E-state index contributed by atoms with van der Waals surface area (Å²) < 4.78 is 20.2. The van der Waals surface area contributed by atoms with E-state index in [1.165, 1.54) is 4.68 Å². The van der Waals surface area contributed by atoms with Crippen molar-refractivity contribution in [1.82, 2.24) is 35.7 Å². The number of nitrogens with zero attached hydrogens (tertiary/aromatic N) is 3. The van der Waals surface area contributed by atoms with Gasteiger partial charge in [-0.05, 0) is 66.5 Å². The maximum Gasteiger partial charge on any atom is 0.270 e. The summed E-state index contributed by atoms with van der Waals surface area (Å²) in [4.78, 5) is 49.2. The van der Waals surface area contributed by atoms with Gasteiger partial charge in [0.25, 0.3) is 5.91 Å². The summed E-state index contributed by atoms with van der Waals surface area (Å²) in [5.41, 5.74) is 2.32. The van der Waals surface area contributed by atoms with Gasteiger partial charge in [0.15, 0.2) is 0 Å². The Hall–Kier alpha value is -4.29. The molecule has 3 heterocycles. The molecule has 2 aromatic carbocycles. The number of carbonyl (C=O) groups excluding carboxylic acids is 3. The lowest BCUT2D eigenvalue weighted by Gasteiger charge is -2.36. The zero-order chi connectivity index (χ0) is 34.7. The Kier molecular flexibility index (Phi) is 10.4. The van der Waals surface area contributed by atoms with Crippen LogP contribution in [0.4, 0.5) is 4.39 Å². The van der Waals surface area contributed by atoms with Crippen LogP contribution in [0, 0.1) is 11.8 Å². The second-order valence-corrected chi connectivity index (χ2v) is 13.9. The highest BCUT2D eigenvalue weighted by molar-refractivity contribution is 6.31. The number of ether oxygens (including phenoxy) is 1. The first-order chi connectivity index (χ1) is 23.6. The number of hydrogen-bond acceptors (Lipinski definition) is 6. The van der Waals surface area contributed by atoms with Crippen molar-refractivity contribution in [2.75, 3.05) is 26.4 Å². The van der Waals surface area contributed by atoms with Gasteiger partial charge in [-0.3, -0.25) is 19.1 Å². The molecule has 1 unspecified atom stereocenters. The Balaban J connectivity index is 1.36. The van der Waals surface area contributed by atoms with Crippen LogP contribution in [-0.2, 0) is 26.8 Å². The van der Waals surface area contributed by atoms with Crippen LogP contribution in [0.2, 0.25) is 5.02 Å². The molecule has 0 bridgehead atoms.